The predicted octanol–water partition coefficient (Wildman–Crippen LogP) is 4.33. The third kappa shape index (κ3) is 5.15. The Labute approximate surface area is 244 Å². The van der Waals surface area contributed by atoms with E-state index < -0.39 is 23.8 Å². The number of carbonyl (C=O) groups excluding carboxylic acids is 1. The molecule has 0 saturated heterocycles. The number of aliphatic carboxylic acids is 1. The maximum atomic E-state index is 12.8. The van der Waals surface area contributed by atoms with Crippen molar-refractivity contribution in [3.05, 3.63) is 89.5 Å². The summed E-state index contributed by atoms with van der Waals surface area (Å²) in [5.41, 5.74) is 17.7. The van der Waals surface area contributed by atoms with E-state index in [0.717, 1.165) is 65.6 Å². The maximum Gasteiger partial charge on any atom is 0.407 e. The van der Waals surface area contributed by atoms with Crippen LogP contribution in [0.5, 0.6) is 0 Å². The number of nitrogens with two attached hydrogens (primary N) is 2. The van der Waals surface area contributed by atoms with Crippen molar-refractivity contribution < 1.29 is 19.4 Å². The molecule has 2 aliphatic carbocycles. The van der Waals surface area contributed by atoms with Gasteiger partial charge in [0.25, 0.3) is 0 Å². The first-order chi connectivity index (χ1) is 20.3. The summed E-state index contributed by atoms with van der Waals surface area (Å²) in [4.78, 5) is 35.7. The Morgan fingerprint density at radius 1 is 0.952 bits per heavy atom. The predicted molar refractivity (Wildman–Crippen MR) is 161 cm³/mol. The summed E-state index contributed by atoms with van der Waals surface area (Å²) in [5.74, 6) is -0.786. The molecule has 1 saturated carbocycles. The molecule has 1 heterocycles. The van der Waals surface area contributed by atoms with E-state index >= 15 is 0 Å². The third-order valence-corrected chi connectivity index (χ3v) is 8.42. The van der Waals surface area contributed by atoms with Crippen LogP contribution in [-0.2, 0) is 16.0 Å². The van der Waals surface area contributed by atoms with Gasteiger partial charge in [0.15, 0.2) is 0 Å². The zero-order chi connectivity index (χ0) is 29.3. The zero-order valence-corrected chi connectivity index (χ0v) is 23.2. The molecule has 10 heteroatoms. The molecule has 0 radical (unpaired) electrons. The average Bonchev–Trinajstić information content (AvgIpc) is 3.30. The van der Waals surface area contributed by atoms with Crippen LogP contribution < -0.4 is 21.7 Å². The molecule has 10 nitrogen and oxygen atoms in total. The number of benzene rings is 3. The average molecular weight is 567 g/mol. The monoisotopic (exact) mass is 566 g/mol. The number of hydrogen-bond donors (Lipinski definition) is 4. The molecule has 1 aliphatic heterocycles. The number of nitrogens with zero attached hydrogens (tertiary/aromatic N) is 3. The number of alkyl carbamates (subject to hydrolysis) is 1. The molecule has 0 aromatic heterocycles. The van der Waals surface area contributed by atoms with E-state index in [1.165, 1.54) is 0 Å². The molecule has 3 aliphatic rings. The summed E-state index contributed by atoms with van der Waals surface area (Å²) in [7, 11) is 0. The van der Waals surface area contributed by atoms with Gasteiger partial charge in [0, 0.05) is 18.0 Å². The number of ether oxygens (including phenoxy) is 1. The fourth-order valence-electron chi connectivity index (χ4n) is 6.49. The largest absolute Gasteiger partial charge is 0.480 e. The van der Waals surface area contributed by atoms with Gasteiger partial charge in [0.05, 0.1) is 0 Å². The standard InChI is InChI=1S/C32H34N6O4/c33-29-36-30(34)38(32(37-29)16-6-1-7-17-32)21-14-12-20(13-15-21)18-27(28(39)40)35-31(41)42-19-26-24-10-4-2-8-22(24)23-9-3-5-11-25(23)26/h2-5,8-15,26-27H,1,6-7,16-19H2,(H,35,41)(H,39,40)(H4,33,34,36,37). The first-order valence-corrected chi connectivity index (χ1v) is 14.3. The summed E-state index contributed by atoms with van der Waals surface area (Å²) in [6, 6.07) is 22.3. The number of carbonyl (C=O) groups is 2. The number of amides is 1. The van der Waals surface area contributed by atoms with Crippen molar-refractivity contribution in [2.75, 3.05) is 11.5 Å². The van der Waals surface area contributed by atoms with E-state index in [9.17, 15) is 14.7 Å². The Morgan fingerprint density at radius 2 is 1.57 bits per heavy atom. The fraction of sp³-hybridized carbons (Fsp3) is 0.312. The van der Waals surface area contributed by atoms with Crippen molar-refractivity contribution in [3.63, 3.8) is 0 Å². The molecular formula is C32H34N6O4. The molecule has 1 spiro atoms. The highest BCUT2D eigenvalue weighted by Crippen LogP contribution is 2.44. The minimum absolute atomic E-state index is 0.0830. The van der Waals surface area contributed by atoms with Crippen LogP contribution in [0, 0.1) is 0 Å². The van der Waals surface area contributed by atoms with E-state index in [1.807, 2.05) is 65.6 Å². The van der Waals surface area contributed by atoms with Crippen LogP contribution in [0.2, 0.25) is 0 Å². The molecule has 3 aromatic carbocycles. The van der Waals surface area contributed by atoms with Gasteiger partial charge in [-0.15, -0.1) is 0 Å². The number of rotatable bonds is 7. The fourth-order valence-corrected chi connectivity index (χ4v) is 6.49. The second-order valence-corrected chi connectivity index (χ2v) is 11.0. The summed E-state index contributed by atoms with van der Waals surface area (Å²) < 4.78 is 5.57. The molecular weight excluding hydrogens is 532 g/mol. The Morgan fingerprint density at radius 3 is 2.19 bits per heavy atom. The van der Waals surface area contributed by atoms with Gasteiger partial charge in [-0.25, -0.2) is 14.6 Å². The van der Waals surface area contributed by atoms with E-state index in [2.05, 4.69) is 22.4 Å². The topological polar surface area (TPSA) is 156 Å². The van der Waals surface area contributed by atoms with E-state index in [0.29, 0.717) is 0 Å². The number of fused-ring (bicyclic) bond motifs is 3. The normalized spacial score (nSPS) is 18.0. The van der Waals surface area contributed by atoms with Gasteiger partial charge in [0.1, 0.15) is 18.3 Å². The number of hydrogen-bond acceptors (Lipinski definition) is 8. The minimum Gasteiger partial charge on any atom is -0.480 e. The molecule has 1 amide bonds. The Kier molecular flexibility index (Phi) is 7.28. The molecule has 6 rings (SSSR count). The first kappa shape index (κ1) is 27.3. The number of guanidine groups is 2. The van der Waals surface area contributed by atoms with Crippen LogP contribution in [0.4, 0.5) is 10.5 Å². The van der Waals surface area contributed by atoms with E-state index in [1.54, 1.807) is 0 Å². The van der Waals surface area contributed by atoms with Crippen molar-refractivity contribution in [2.45, 2.75) is 56.1 Å². The first-order valence-electron chi connectivity index (χ1n) is 14.3. The second kappa shape index (κ2) is 11.2. The van der Waals surface area contributed by atoms with Gasteiger partial charge in [-0.3, -0.25) is 4.90 Å². The SMILES string of the molecule is NC1=NC2(CCCCC2)N(c2ccc(CC(NC(=O)OCC3c4ccccc4-c4ccccc43)C(=O)O)cc2)C(N)=N1. The molecule has 3 aromatic rings. The van der Waals surface area contributed by atoms with Gasteiger partial charge < -0.3 is 26.6 Å². The molecule has 6 N–H and O–H groups in total. The highest BCUT2D eigenvalue weighted by Gasteiger charge is 2.42. The number of aliphatic imine (C=N–C) groups is 2. The lowest BCUT2D eigenvalue weighted by atomic mass is 9.87. The lowest BCUT2D eigenvalue weighted by Crippen LogP contribution is -2.58. The lowest BCUT2D eigenvalue weighted by molar-refractivity contribution is -0.139. The summed E-state index contributed by atoms with van der Waals surface area (Å²) in [6.07, 6.45) is 4.11. The van der Waals surface area contributed by atoms with Crippen molar-refractivity contribution in [1.82, 2.24) is 5.32 Å². The Bertz CT molecular complexity index is 1520. The Balaban J connectivity index is 1.12. The second-order valence-electron chi connectivity index (χ2n) is 11.0. The highest BCUT2D eigenvalue weighted by atomic mass is 16.5. The summed E-state index contributed by atoms with van der Waals surface area (Å²) >= 11 is 0. The molecule has 1 unspecified atom stereocenters. The van der Waals surface area contributed by atoms with Gasteiger partial charge in [-0.05, 0) is 65.6 Å². The van der Waals surface area contributed by atoms with Crippen molar-refractivity contribution >= 4 is 29.7 Å². The van der Waals surface area contributed by atoms with Crippen molar-refractivity contribution in [3.8, 4) is 11.1 Å². The lowest BCUT2D eigenvalue weighted by Gasteiger charge is -2.45. The molecule has 1 fully saturated rings. The van der Waals surface area contributed by atoms with Crippen LogP contribution >= 0.6 is 0 Å². The van der Waals surface area contributed by atoms with Gasteiger partial charge in [0.2, 0.25) is 11.9 Å². The number of nitrogens with one attached hydrogen (secondary N) is 1. The highest BCUT2D eigenvalue weighted by molar-refractivity contribution is 6.05. The summed E-state index contributed by atoms with van der Waals surface area (Å²) in [5, 5.41) is 12.4. The third-order valence-electron chi connectivity index (χ3n) is 8.42. The van der Waals surface area contributed by atoms with E-state index in [4.69, 9.17) is 21.2 Å². The molecule has 1 atom stereocenters. The smallest absolute Gasteiger partial charge is 0.407 e. The van der Waals surface area contributed by atoms with Crippen LogP contribution in [0.3, 0.4) is 0 Å². The Hall–Kier alpha value is -4.86. The molecule has 42 heavy (non-hydrogen) atoms. The van der Waals surface area contributed by atoms with Crippen molar-refractivity contribution in [2.24, 2.45) is 21.5 Å². The zero-order valence-electron chi connectivity index (χ0n) is 23.2. The van der Waals surface area contributed by atoms with Crippen molar-refractivity contribution in [1.29, 1.82) is 0 Å². The summed E-state index contributed by atoms with van der Waals surface area (Å²) in [6.45, 7) is 0.106. The number of anilines is 1. The molecule has 0 bridgehead atoms. The number of carboxylic acids is 1. The van der Waals surface area contributed by atoms with Gasteiger partial charge in [-0.1, -0.05) is 67.1 Å². The van der Waals surface area contributed by atoms with Gasteiger partial charge in [-0.2, -0.15) is 4.99 Å². The minimum atomic E-state index is -1.16. The van der Waals surface area contributed by atoms with Gasteiger partial charge >= 0.3 is 12.1 Å². The quantitative estimate of drug-likeness (QED) is 0.332. The van der Waals surface area contributed by atoms with Crippen LogP contribution in [0.1, 0.15) is 54.7 Å². The number of carboxylic acid groups (broad SMARTS) is 1. The molecule has 216 valence electrons. The van der Waals surface area contributed by atoms with Crippen LogP contribution in [0.25, 0.3) is 11.1 Å². The van der Waals surface area contributed by atoms with Crippen LogP contribution in [0.15, 0.2) is 82.8 Å². The van der Waals surface area contributed by atoms with Crippen LogP contribution in [-0.4, -0.2) is 47.4 Å². The maximum absolute atomic E-state index is 12.8. The van der Waals surface area contributed by atoms with E-state index in [-0.39, 0.29) is 30.9 Å².